The van der Waals surface area contributed by atoms with E-state index in [2.05, 4.69) is 15.6 Å². The van der Waals surface area contributed by atoms with E-state index >= 15 is 0 Å². The first kappa shape index (κ1) is 23.7. The van der Waals surface area contributed by atoms with E-state index in [9.17, 15) is 18.0 Å². The summed E-state index contributed by atoms with van der Waals surface area (Å²) in [6.07, 6.45) is 4.41. The van der Waals surface area contributed by atoms with Crippen LogP contribution < -0.4 is 15.4 Å². The van der Waals surface area contributed by atoms with Gasteiger partial charge in [-0.2, -0.15) is 4.31 Å². The number of ether oxygens (including phenoxy) is 1. The minimum Gasteiger partial charge on any atom is -0.497 e. The molecule has 2 amide bonds. The van der Waals surface area contributed by atoms with E-state index in [0.717, 1.165) is 5.56 Å². The fourth-order valence-corrected chi connectivity index (χ4v) is 5.04. The lowest BCUT2D eigenvalue weighted by atomic mass is 9.98. The van der Waals surface area contributed by atoms with Gasteiger partial charge in [0.05, 0.1) is 17.9 Å². The molecule has 0 saturated carbocycles. The Labute approximate surface area is 188 Å². The number of sulfonamides is 1. The van der Waals surface area contributed by atoms with E-state index in [1.807, 2.05) is 0 Å². The Balaban J connectivity index is 1.56. The predicted molar refractivity (Wildman–Crippen MR) is 118 cm³/mol. The molecule has 2 atom stereocenters. The van der Waals surface area contributed by atoms with Crippen LogP contribution in [0, 0.1) is 5.92 Å². The molecule has 0 aliphatic carbocycles. The zero-order valence-electron chi connectivity index (χ0n) is 18.2. The molecular weight excluding hydrogens is 432 g/mol. The summed E-state index contributed by atoms with van der Waals surface area (Å²) in [5.74, 6) is -0.594. The average molecular weight is 461 g/mol. The normalized spacial score (nSPS) is 17.9. The molecule has 0 bridgehead atoms. The smallest absolute Gasteiger partial charge is 0.243 e. The lowest BCUT2D eigenvalue weighted by Gasteiger charge is -2.31. The third-order valence-corrected chi connectivity index (χ3v) is 7.30. The second-order valence-electron chi connectivity index (χ2n) is 7.68. The van der Waals surface area contributed by atoms with Gasteiger partial charge in [-0.15, -0.1) is 0 Å². The van der Waals surface area contributed by atoms with Crippen molar-refractivity contribution in [2.75, 3.05) is 20.2 Å². The van der Waals surface area contributed by atoms with Gasteiger partial charge in [-0.05, 0) is 61.7 Å². The van der Waals surface area contributed by atoms with Crippen LogP contribution in [0.1, 0.15) is 25.3 Å². The maximum Gasteiger partial charge on any atom is 0.243 e. The number of hydrogen-bond acceptors (Lipinski definition) is 6. The van der Waals surface area contributed by atoms with Gasteiger partial charge >= 0.3 is 0 Å². The van der Waals surface area contributed by atoms with Gasteiger partial charge in [0, 0.05) is 32.0 Å². The highest BCUT2D eigenvalue weighted by molar-refractivity contribution is 7.89. The maximum absolute atomic E-state index is 13.0. The predicted octanol–water partition coefficient (Wildman–Crippen LogP) is 1.31. The largest absolute Gasteiger partial charge is 0.497 e. The number of carbonyl (C=O) groups is 2. The molecule has 172 valence electrons. The Bertz CT molecular complexity index is 1030. The number of methoxy groups -OCH3 is 1. The van der Waals surface area contributed by atoms with Gasteiger partial charge in [-0.1, -0.05) is 0 Å². The molecular formula is C22H28N4O5S. The third kappa shape index (κ3) is 5.83. The topological polar surface area (TPSA) is 118 Å². The van der Waals surface area contributed by atoms with Crippen molar-refractivity contribution in [2.24, 2.45) is 5.92 Å². The number of hydrogen-bond donors (Lipinski definition) is 2. The number of rotatable bonds is 8. The fourth-order valence-electron chi connectivity index (χ4n) is 3.51. The first-order chi connectivity index (χ1) is 15.3. The lowest BCUT2D eigenvalue weighted by molar-refractivity contribution is -0.131. The Morgan fingerprint density at radius 3 is 2.53 bits per heavy atom. The standard InChI is InChI=1S/C22H28N4O5S/c1-16(21(27)24-14-17-9-11-23-12-10-17)25-22(28)18-4-3-13-26(15-18)32(29,30)20-7-5-19(31-2)6-8-20/h5-12,16,18H,3-4,13-15H2,1-2H3,(H,24,27)(H,25,28). The van der Waals surface area contributed by atoms with Gasteiger partial charge in [-0.3, -0.25) is 14.6 Å². The van der Waals surface area contributed by atoms with Crippen LogP contribution in [0.25, 0.3) is 0 Å². The van der Waals surface area contributed by atoms with Crippen molar-refractivity contribution in [1.29, 1.82) is 0 Å². The van der Waals surface area contributed by atoms with E-state index in [0.29, 0.717) is 31.7 Å². The first-order valence-electron chi connectivity index (χ1n) is 10.4. The van der Waals surface area contributed by atoms with Crippen LogP contribution in [0.15, 0.2) is 53.7 Å². The number of nitrogens with one attached hydrogen (secondary N) is 2. The summed E-state index contributed by atoms with van der Waals surface area (Å²) in [5, 5.41) is 5.48. The molecule has 2 aromatic rings. The summed E-state index contributed by atoms with van der Waals surface area (Å²) in [6.45, 7) is 2.36. The van der Waals surface area contributed by atoms with Crippen LogP contribution in [-0.2, 0) is 26.2 Å². The van der Waals surface area contributed by atoms with Crippen molar-refractivity contribution in [1.82, 2.24) is 19.9 Å². The highest BCUT2D eigenvalue weighted by atomic mass is 32.2. The molecule has 2 unspecified atom stereocenters. The highest BCUT2D eigenvalue weighted by Gasteiger charge is 2.34. The van der Waals surface area contributed by atoms with Crippen molar-refractivity contribution in [3.63, 3.8) is 0 Å². The SMILES string of the molecule is COc1ccc(S(=O)(=O)N2CCCC(C(=O)NC(C)C(=O)NCc3ccncc3)C2)cc1. The summed E-state index contributed by atoms with van der Waals surface area (Å²) in [5.41, 5.74) is 0.901. The van der Waals surface area contributed by atoms with Crippen LogP contribution in [0.4, 0.5) is 0 Å². The Kier molecular flexibility index (Phi) is 7.81. The summed E-state index contributed by atoms with van der Waals surface area (Å²) in [7, 11) is -2.21. The summed E-state index contributed by atoms with van der Waals surface area (Å²) < 4.78 is 32.4. The van der Waals surface area contributed by atoms with E-state index in [1.54, 1.807) is 43.6 Å². The summed E-state index contributed by atoms with van der Waals surface area (Å²) in [4.78, 5) is 29.2. The summed E-state index contributed by atoms with van der Waals surface area (Å²) in [6, 6.07) is 9.02. The molecule has 1 aromatic carbocycles. The molecule has 1 aromatic heterocycles. The molecule has 1 fully saturated rings. The second-order valence-corrected chi connectivity index (χ2v) is 9.62. The first-order valence-corrected chi connectivity index (χ1v) is 11.9. The zero-order chi connectivity index (χ0) is 23.1. The Morgan fingerprint density at radius 2 is 1.88 bits per heavy atom. The number of carbonyl (C=O) groups excluding carboxylic acids is 2. The van der Waals surface area contributed by atoms with Crippen molar-refractivity contribution in [2.45, 2.75) is 37.2 Å². The van der Waals surface area contributed by atoms with E-state index in [4.69, 9.17) is 4.74 Å². The summed E-state index contributed by atoms with van der Waals surface area (Å²) >= 11 is 0. The number of aromatic nitrogens is 1. The number of nitrogens with zero attached hydrogens (tertiary/aromatic N) is 2. The number of benzene rings is 1. The maximum atomic E-state index is 13.0. The van der Waals surface area contributed by atoms with Gasteiger partial charge in [0.2, 0.25) is 21.8 Å². The van der Waals surface area contributed by atoms with Gasteiger partial charge in [0.1, 0.15) is 11.8 Å². The van der Waals surface area contributed by atoms with E-state index < -0.39 is 22.0 Å². The molecule has 1 saturated heterocycles. The molecule has 1 aliphatic heterocycles. The van der Waals surface area contributed by atoms with Crippen molar-refractivity contribution in [3.8, 4) is 5.75 Å². The number of piperidine rings is 1. The molecule has 1 aliphatic rings. The monoisotopic (exact) mass is 460 g/mol. The van der Waals surface area contributed by atoms with Crippen LogP contribution in [-0.4, -0.2) is 55.8 Å². The van der Waals surface area contributed by atoms with E-state index in [1.165, 1.54) is 23.5 Å². The van der Waals surface area contributed by atoms with Crippen molar-refractivity contribution in [3.05, 3.63) is 54.4 Å². The van der Waals surface area contributed by atoms with E-state index in [-0.39, 0.29) is 23.3 Å². The molecule has 32 heavy (non-hydrogen) atoms. The Morgan fingerprint density at radius 1 is 1.19 bits per heavy atom. The molecule has 3 rings (SSSR count). The molecule has 0 spiro atoms. The van der Waals surface area contributed by atoms with Crippen LogP contribution >= 0.6 is 0 Å². The van der Waals surface area contributed by atoms with Crippen LogP contribution in [0.5, 0.6) is 5.75 Å². The van der Waals surface area contributed by atoms with Crippen LogP contribution in [0.2, 0.25) is 0 Å². The van der Waals surface area contributed by atoms with Crippen LogP contribution in [0.3, 0.4) is 0 Å². The lowest BCUT2D eigenvalue weighted by Crippen LogP contribution is -2.50. The third-order valence-electron chi connectivity index (χ3n) is 5.42. The minimum absolute atomic E-state index is 0.0750. The molecule has 0 radical (unpaired) electrons. The molecule has 10 heteroatoms. The Hall–Kier alpha value is -2.98. The average Bonchev–Trinajstić information content (AvgIpc) is 2.83. The number of pyridine rings is 1. The fraction of sp³-hybridized carbons (Fsp3) is 0.409. The van der Waals surface area contributed by atoms with Gasteiger partial charge in [0.15, 0.2) is 0 Å². The molecule has 2 N–H and O–H groups in total. The number of amides is 2. The highest BCUT2D eigenvalue weighted by Crippen LogP contribution is 2.25. The molecule has 9 nitrogen and oxygen atoms in total. The van der Waals surface area contributed by atoms with Gasteiger partial charge in [-0.25, -0.2) is 8.42 Å². The van der Waals surface area contributed by atoms with Gasteiger partial charge < -0.3 is 15.4 Å². The van der Waals surface area contributed by atoms with Crippen molar-refractivity contribution < 1.29 is 22.7 Å². The van der Waals surface area contributed by atoms with Crippen molar-refractivity contribution >= 4 is 21.8 Å². The minimum atomic E-state index is -3.72. The zero-order valence-corrected chi connectivity index (χ0v) is 19.0. The second kappa shape index (κ2) is 10.6. The molecule has 2 heterocycles. The quantitative estimate of drug-likeness (QED) is 0.613. The van der Waals surface area contributed by atoms with Gasteiger partial charge in [0.25, 0.3) is 0 Å².